The van der Waals surface area contributed by atoms with Crippen molar-refractivity contribution in [2.75, 3.05) is 52.6 Å². The summed E-state index contributed by atoms with van der Waals surface area (Å²) in [5.74, 6) is 1.43. The molecule has 3 rings (SSSR count). The Morgan fingerprint density at radius 1 is 0.639 bits per heavy atom. The fourth-order valence-corrected chi connectivity index (χ4v) is 6.55. The van der Waals surface area contributed by atoms with Crippen molar-refractivity contribution < 1.29 is 19.1 Å². The van der Waals surface area contributed by atoms with E-state index in [2.05, 4.69) is 13.8 Å². The second-order valence-electron chi connectivity index (χ2n) is 12.4. The van der Waals surface area contributed by atoms with Crippen LogP contribution in [0.3, 0.4) is 0 Å². The van der Waals surface area contributed by atoms with Crippen LogP contribution in [-0.2, 0) is 9.47 Å². The van der Waals surface area contributed by atoms with Crippen molar-refractivity contribution in [3.63, 3.8) is 0 Å². The summed E-state index contributed by atoms with van der Waals surface area (Å²) in [5.41, 5.74) is 0. The standard InChI is InChI=1S/C32H64NO3/c1-3-5-6-7-8-9-10-11-12-13-14-15-16-17-25-35-27-31(18-4-2)28-36-29-32(34)26-33-22-19-30(20-23-33)21-24-33/h30-32,34H,3-29H2,1-2H3/q+1. The highest BCUT2D eigenvalue weighted by Crippen LogP contribution is 2.33. The zero-order valence-electron chi connectivity index (χ0n) is 24.5. The zero-order chi connectivity index (χ0) is 25.7. The summed E-state index contributed by atoms with van der Waals surface area (Å²) in [7, 11) is 0. The number of ether oxygens (including phenoxy) is 2. The molecule has 0 amide bonds. The van der Waals surface area contributed by atoms with Crippen LogP contribution >= 0.6 is 0 Å². The average Bonchev–Trinajstić information content (AvgIpc) is 2.89. The largest absolute Gasteiger partial charge is 0.385 e. The maximum Gasteiger partial charge on any atom is 0.126 e. The molecular weight excluding hydrogens is 446 g/mol. The van der Waals surface area contributed by atoms with Crippen LogP contribution in [0, 0.1) is 11.8 Å². The SMILES string of the molecule is CCCCCCCCCCCCCCCCOCC(CCC)COCC(O)C[N+]12CCC(CC1)CC2. The Morgan fingerprint density at radius 2 is 1.14 bits per heavy atom. The molecule has 2 unspecified atom stereocenters. The van der Waals surface area contributed by atoms with E-state index in [0.29, 0.717) is 12.5 Å². The monoisotopic (exact) mass is 510 g/mol. The summed E-state index contributed by atoms with van der Waals surface area (Å²) >= 11 is 0. The highest BCUT2D eigenvalue weighted by molar-refractivity contribution is 4.73. The van der Waals surface area contributed by atoms with Crippen LogP contribution in [0.25, 0.3) is 0 Å². The first-order valence-corrected chi connectivity index (χ1v) is 16.4. The molecule has 3 saturated heterocycles. The van der Waals surface area contributed by atoms with Crippen molar-refractivity contribution in [2.24, 2.45) is 11.8 Å². The van der Waals surface area contributed by atoms with Crippen LogP contribution in [0.5, 0.6) is 0 Å². The van der Waals surface area contributed by atoms with Gasteiger partial charge in [-0.05, 0) is 38.0 Å². The fourth-order valence-electron chi connectivity index (χ4n) is 6.55. The number of aliphatic hydroxyl groups is 1. The maximum absolute atomic E-state index is 10.6. The van der Waals surface area contributed by atoms with Gasteiger partial charge in [0.15, 0.2) is 0 Å². The van der Waals surface area contributed by atoms with Gasteiger partial charge in [-0.25, -0.2) is 0 Å². The van der Waals surface area contributed by atoms with Gasteiger partial charge in [-0.15, -0.1) is 0 Å². The van der Waals surface area contributed by atoms with E-state index in [4.69, 9.17) is 9.47 Å². The van der Waals surface area contributed by atoms with Gasteiger partial charge in [-0.3, -0.25) is 0 Å². The number of nitrogens with zero attached hydrogens (tertiary/aromatic N) is 1. The van der Waals surface area contributed by atoms with Crippen molar-refractivity contribution in [1.29, 1.82) is 0 Å². The molecule has 0 aromatic carbocycles. The van der Waals surface area contributed by atoms with Crippen LogP contribution in [0.2, 0.25) is 0 Å². The second-order valence-corrected chi connectivity index (χ2v) is 12.4. The summed E-state index contributed by atoms with van der Waals surface area (Å²) in [6.07, 6.45) is 25.6. The first kappa shape index (κ1) is 32.1. The average molecular weight is 511 g/mol. The summed E-state index contributed by atoms with van der Waals surface area (Å²) in [4.78, 5) is 0. The molecule has 4 heteroatoms. The molecule has 3 fully saturated rings. The Balaban J connectivity index is 1.37. The summed E-state index contributed by atoms with van der Waals surface area (Å²) < 4.78 is 13.2. The van der Waals surface area contributed by atoms with Gasteiger partial charge in [-0.1, -0.05) is 104 Å². The van der Waals surface area contributed by atoms with Crippen LogP contribution in [0.15, 0.2) is 0 Å². The smallest absolute Gasteiger partial charge is 0.126 e. The van der Waals surface area contributed by atoms with Crippen molar-refractivity contribution in [1.82, 2.24) is 0 Å². The predicted octanol–water partition coefficient (Wildman–Crippen LogP) is 7.91. The van der Waals surface area contributed by atoms with Gasteiger partial charge in [0.2, 0.25) is 0 Å². The first-order chi connectivity index (χ1) is 17.7. The van der Waals surface area contributed by atoms with Gasteiger partial charge >= 0.3 is 0 Å². The Bertz CT molecular complexity index is 478. The van der Waals surface area contributed by atoms with E-state index in [-0.39, 0.29) is 6.10 Å². The van der Waals surface area contributed by atoms with Gasteiger partial charge < -0.3 is 19.1 Å². The Hall–Kier alpha value is -0.160. The van der Waals surface area contributed by atoms with E-state index >= 15 is 0 Å². The molecule has 2 atom stereocenters. The van der Waals surface area contributed by atoms with Crippen molar-refractivity contribution in [3.8, 4) is 0 Å². The molecule has 0 radical (unpaired) electrons. The number of fused-ring (bicyclic) bond motifs is 3. The predicted molar refractivity (Wildman–Crippen MR) is 153 cm³/mol. The third-order valence-corrected chi connectivity index (χ3v) is 8.99. The van der Waals surface area contributed by atoms with Gasteiger partial charge in [-0.2, -0.15) is 0 Å². The highest BCUT2D eigenvalue weighted by Gasteiger charge is 2.40. The van der Waals surface area contributed by atoms with E-state index < -0.39 is 0 Å². The number of unbranched alkanes of at least 4 members (excludes halogenated alkanes) is 13. The molecule has 3 aliphatic rings. The van der Waals surface area contributed by atoms with E-state index in [1.165, 1.54) is 135 Å². The zero-order valence-corrected chi connectivity index (χ0v) is 24.5. The molecule has 0 aromatic rings. The van der Waals surface area contributed by atoms with E-state index in [9.17, 15) is 5.11 Å². The number of hydrogen-bond acceptors (Lipinski definition) is 3. The minimum Gasteiger partial charge on any atom is -0.385 e. The van der Waals surface area contributed by atoms with E-state index in [1.807, 2.05) is 0 Å². The van der Waals surface area contributed by atoms with Gasteiger partial charge in [0.25, 0.3) is 0 Å². The lowest BCUT2D eigenvalue weighted by molar-refractivity contribution is -0.945. The quantitative estimate of drug-likeness (QED) is 0.100. The number of hydrogen-bond donors (Lipinski definition) is 1. The number of aliphatic hydroxyl groups excluding tert-OH is 1. The molecule has 0 saturated carbocycles. The van der Waals surface area contributed by atoms with Gasteiger partial charge in [0, 0.05) is 12.5 Å². The molecule has 3 heterocycles. The molecule has 214 valence electrons. The molecule has 3 aliphatic heterocycles. The molecular formula is C32H64NO3+. The topological polar surface area (TPSA) is 38.7 Å². The summed E-state index contributed by atoms with van der Waals surface area (Å²) in [6, 6.07) is 0. The molecule has 36 heavy (non-hydrogen) atoms. The lowest BCUT2D eigenvalue weighted by Crippen LogP contribution is -2.61. The molecule has 0 spiro atoms. The first-order valence-electron chi connectivity index (χ1n) is 16.4. The van der Waals surface area contributed by atoms with Gasteiger partial charge in [0.05, 0.1) is 39.5 Å². The summed E-state index contributed by atoms with van der Waals surface area (Å²) in [6.45, 7) is 12.2. The van der Waals surface area contributed by atoms with Gasteiger partial charge in [0.1, 0.15) is 12.6 Å². The van der Waals surface area contributed by atoms with Crippen LogP contribution < -0.4 is 0 Å². The Labute approximate surface area is 225 Å². The third kappa shape index (κ3) is 14.7. The molecule has 0 aromatic heterocycles. The number of rotatable bonds is 25. The summed E-state index contributed by atoms with van der Waals surface area (Å²) in [5, 5.41) is 10.6. The van der Waals surface area contributed by atoms with E-state index in [1.54, 1.807) is 0 Å². The Kier molecular flexibility index (Phi) is 18.5. The number of quaternary nitrogens is 1. The highest BCUT2D eigenvalue weighted by atomic mass is 16.5. The van der Waals surface area contributed by atoms with Crippen LogP contribution in [-0.4, -0.2) is 68.3 Å². The lowest BCUT2D eigenvalue weighted by atomic mass is 9.85. The van der Waals surface area contributed by atoms with Crippen molar-refractivity contribution in [2.45, 2.75) is 142 Å². The normalized spacial score (nSPS) is 23.2. The fraction of sp³-hybridized carbons (Fsp3) is 1.00. The molecule has 0 aliphatic carbocycles. The van der Waals surface area contributed by atoms with Crippen molar-refractivity contribution >= 4 is 0 Å². The lowest BCUT2D eigenvalue weighted by Gasteiger charge is -2.49. The maximum atomic E-state index is 10.6. The molecule has 4 nitrogen and oxygen atoms in total. The van der Waals surface area contributed by atoms with Crippen LogP contribution in [0.1, 0.15) is 136 Å². The minimum atomic E-state index is -0.321. The number of piperidine rings is 3. The van der Waals surface area contributed by atoms with Crippen LogP contribution in [0.4, 0.5) is 0 Å². The Morgan fingerprint density at radius 3 is 1.67 bits per heavy atom. The third-order valence-electron chi connectivity index (χ3n) is 8.99. The molecule has 2 bridgehead atoms. The molecule has 1 N–H and O–H groups in total. The minimum absolute atomic E-state index is 0.321. The van der Waals surface area contributed by atoms with E-state index in [0.717, 1.165) is 43.2 Å². The second kappa shape index (κ2) is 20.8. The van der Waals surface area contributed by atoms with Crippen molar-refractivity contribution in [3.05, 3.63) is 0 Å².